The Kier molecular flexibility index (Phi) is 5.80. The molecule has 0 aromatic heterocycles. The highest BCUT2D eigenvalue weighted by Crippen LogP contribution is 2.24. The Morgan fingerprint density at radius 2 is 2.24 bits per heavy atom. The van der Waals surface area contributed by atoms with Crippen LogP contribution in [0.3, 0.4) is 0 Å². The fourth-order valence-electron chi connectivity index (χ4n) is 1.95. The molecule has 1 atom stereocenters. The summed E-state index contributed by atoms with van der Waals surface area (Å²) < 4.78 is 5.23. The third-order valence-corrected chi connectivity index (χ3v) is 4.22. The summed E-state index contributed by atoms with van der Waals surface area (Å²) in [5.74, 6) is 0.769. The van der Waals surface area contributed by atoms with E-state index in [-0.39, 0.29) is 11.2 Å². The summed E-state index contributed by atoms with van der Waals surface area (Å²) in [6.07, 6.45) is 4.63. The van der Waals surface area contributed by atoms with E-state index >= 15 is 0 Å². The second kappa shape index (κ2) is 7.83. The molecular formula is C15H19N3O2S. The molecule has 0 bridgehead atoms. The molecule has 0 spiro atoms. The van der Waals surface area contributed by atoms with Crippen LogP contribution in [0.25, 0.3) is 0 Å². The van der Waals surface area contributed by atoms with Crippen molar-refractivity contribution in [2.45, 2.75) is 31.4 Å². The SMILES string of the molecule is CCCCC1S/C(=N\N=Cc2ccccc2OC)NC1=O. The van der Waals surface area contributed by atoms with Crippen LogP contribution in [0.15, 0.2) is 34.5 Å². The molecule has 0 radical (unpaired) electrons. The molecule has 1 aliphatic heterocycles. The molecule has 1 fully saturated rings. The third kappa shape index (κ3) is 4.32. The van der Waals surface area contributed by atoms with E-state index in [9.17, 15) is 4.79 Å². The summed E-state index contributed by atoms with van der Waals surface area (Å²) in [5, 5.41) is 11.4. The van der Waals surface area contributed by atoms with E-state index in [1.54, 1.807) is 13.3 Å². The molecule has 0 aliphatic carbocycles. The number of benzene rings is 1. The minimum Gasteiger partial charge on any atom is -0.496 e. The van der Waals surface area contributed by atoms with Gasteiger partial charge in [-0.2, -0.15) is 5.10 Å². The van der Waals surface area contributed by atoms with Crippen LogP contribution in [-0.4, -0.2) is 29.6 Å². The lowest BCUT2D eigenvalue weighted by molar-refractivity contribution is -0.118. The van der Waals surface area contributed by atoms with Crippen molar-refractivity contribution in [3.8, 4) is 5.75 Å². The highest BCUT2D eigenvalue weighted by Gasteiger charge is 2.29. The molecule has 112 valence electrons. The van der Waals surface area contributed by atoms with Crippen LogP contribution in [0.1, 0.15) is 31.7 Å². The Morgan fingerprint density at radius 1 is 1.43 bits per heavy atom. The van der Waals surface area contributed by atoms with Crippen LogP contribution < -0.4 is 10.1 Å². The van der Waals surface area contributed by atoms with Crippen LogP contribution >= 0.6 is 11.8 Å². The first-order chi connectivity index (χ1) is 10.2. The van der Waals surface area contributed by atoms with Gasteiger partial charge in [-0.25, -0.2) is 0 Å². The van der Waals surface area contributed by atoms with E-state index in [0.29, 0.717) is 5.17 Å². The number of rotatable bonds is 6. The fourth-order valence-corrected chi connectivity index (χ4v) is 2.92. The number of nitrogens with one attached hydrogen (secondary N) is 1. The van der Waals surface area contributed by atoms with Crippen molar-refractivity contribution < 1.29 is 9.53 Å². The minimum absolute atomic E-state index is 0.0275. The zero-order valence-corrected chi connectivity index (χ0v) is 13.0. The predicted molar refractivity (Wildman–Crippen MR) is 87.1 cm³/mol. The summed E-state index contributed by atoms with van der Waals surface area (Å²) in [4.78, 5) is 11.7. The Balaban J connectivity index is 1.98. The van der Waals surface area contributed by atoms with Crippen LogP contribution in [0.5, 0.6) is 5.75 Å². The number of nitrogens with zero attached hydrogens (tertiary/aromatic N) is 2. The van der Waals surface area contributed by atoms with Gasteiger partial charge >= 0.3 is 0 Å². The molecule has 1 heterocycles. The van der Waals surface area contributed by atoms with Crippen molar-refractivity contribution in [3.05, 3.63) is 29.8 Å². The first kappa shape index (κ1) is 15.6. The third-order valence-electron chi connectivity index (χ3n) is 3.08. The standard InChI is InChI=1S/C15H19N3O2S/c1-3-4-9-13-14(19)17-15(21-13)18-16-10-11-7-5-6-8-12(11)20-2/h5-8,10,13H,3-4,9H2,1-2H3,(H,17,18,19). The zero-order valence-electron chi connectivity index (χ0n) is 12.2. The van der Waals surface area contributed by atoms with Gasteiger partial charge in [-0.05, 0) is 18.6 Å². The van der Waals surface area contributed by atoms with Gasteiger partial charge in [-0.1, -0.05) is 43.7 Å². The molecule has 1 aromatic rings. The lowest BCUT2D eigenvalue weighted by Crippen LogP contribution is -2.24. The molecule has 2 rings (SSSR count). The first-order valence-electron chi connectivity index (χ1n) is 6.96. The quantitative estimate of drug-likeness (QED) is 0.649. The van der Waals surface area contributed by atoms with Crippen LogP contribution in [0.2, 0.25) is 0 Å². The molecule has 21 heavy (non-hydrogen) atoms. The van der Waals surface area contributed by atoms with Gasteiger partial charge < -0.3 is 10.1 Å². The molecule has 1 amide bonds. The van der Waals surface area contributed by atoms with Crippen LogP contribution in [0, 0.1) is 0 Å². The number of hydrogen-bond donors (Lipinski definition) is 1. The maximum Gasteiger partial charge on any atom is 0.239 e. The Labute approximate surface area is 128 Å². The van der Waals surface area contributed by atoms with Crippen molar-refractivity contribution in [3.63, 3.8) is 0 Å². The van der Waals surface area contributed by atoms with Crippen molar-refractivity contribution in [1.82, 2.24) is 5.32 Å². The molecule has 1 N–H and O–H groups in total. The number of hydrogen-bond acceptors (Lipinski definition) is 5. The van der Waals surface area contributed by atoms with Gasteiger partial charge in [0.2, 0.25) is 5.91 Å². The van der Waals surface area contributed by atoms with Crippen molar-refractivity contribution in [2.75, 3.05) is 7.11 Å². The van der Waals surface area contributed by atoms with Gasteiger partial charge in [0, 0.05) is 5.56 Å². The second-order valence-electron chi connectivity index (χ2n) is 4.63. The molecule has 1 aromatic carbocycles. The molecule has 1 unspecified atom stereocenters. The predicted octanol–water partition coefficient (Wildman–Crippen LogP) is 2.81. The lowest BCUT2D eigenvalue weighted by atomic mass is 10.2. The number of para-hydroxylation sites is 1. The Bertz CT molecular complexity index is 558. The van der Waals surface area contributed by atoms with Crippen molar-refractivity contribution in [1.29, 1.82) is 0 Å². The molecule has 1 aliphatic rings. The Hall–Kier alpha value is -1.82. The van der Waals surface area contributed by atoms with E-state index in [0.717, 1.165) is 30.6 Å². The van der Waals surface area contributed by atoms with Gasteiger partial charge in [0.1, 0.15) is 5.75 Å². The lowest BCUT2D eigenvalue weighted by Gasteiger charge is -2.02. The number of methoxy groups -OCH3 is 1. The molecule has 6 heteroatoms. The van der Waals surface area contributed by atoms with Crippen molar-refractivity contribution in [2.24, 2.45) is 10.2 Å². The highest BCUT2D eigenvalue weighted by molar-refractivity contribution is 8.15. The van der Waals surface area contributed by atoms with E-state index < -0.39 is 0 Å². The monoisotopic (exact) mass is 305 g/mol. The van der Waals surface area contributed by atoms with Crippen LogP contribution in [0.4, 0.5) is 0 Å². The second-order valence-corrected chi connectivity index (χ2v) is 5.82. The van der Waals surface area contributed by atoms with E-state index in [2.05, 4.69) is 22.4 Å². The number of carbonyl (C=O) groups excluding carboxylic acids is 1. The van der Waals surface area contributed by atoms with E-state index in [4.69, 9.17) is 4.74 Å². The summed E-state index contributed by atoms with van der Waals surface area (Å²) in [5.41, 5.74) is 0.848. The Morgan fingerprint density at radius 3 is 3.00 bits per heavy atom. The highest BCUT2D eigenvalue weighted by atomic mass is 32.2. The average molecular weight is 305 g/mol. The number of carbonyl (C=O) groups is 1. The topological polar surface area (TPSA) is 63.1 Å². The minimum atomic E-state index is -0.0369. The summed E-state index contributed by atoms with van der Waals surface area (Å²) in [6, 6.07) is 7.56. The number of amides is 1. The maximum absolute atomic E-state index is 11.7. The maximum atomic E-state index is 11.7. The molecule has 1 saturated heterocycles. The normalized spacial score (nSPS) is 20.2. The molecular weight excluding hydrogens is 286 g/mol. The largest absolute Gasteiger partial charge is 0.496 e. The summed E-state index contributed by atoms with van der Waals surface area (Å²) >= 11 is 1.45. The van der Waals surface area contributed by atoms with Crippen LogP contribution in [-0.2, 0) is 4.79 Å². The number of amidine groups is 1. The van der Waals surface area contributed by atoms with Crippen molar-refractivity contribution >= 4 is 29.1 Å². The number of unbranched alkanes of at least 4 members (excludes halogenated alkanes) is 1. The number of thioether (sulfide) groups is 1. The van der Waals surface area contributed by atoms with Gasteiger partial charge in [-0.15, -0.1) is 5.10 Å². The van der Waals surface area contributed by atoms with Gasteiger partial charge in [0.05, 0.1) is 18.6 Å². The van der Waals surface area contributed by atoms with Gasteiger partial charge in [-0.3, -0.25) is 4.79 Å². The van der Waals surface area contributed by atoms with E-state index in [1.807, 2.05) is 24.3 Å². The summed E-state index contributed by atoms with van der Waals surface area (Å²) in [6.45, 7) is 2.12. The smallest absolute Gasteiger partial charge is 0.239 e. The number of ether oxygens (including phenoxy) is 1. The zero-order chi connectivity index (χ0) is 15.1. The fraction of sp³-hybridized carbons (Fsp3) is 0.400. The molecule has 0 saturated carbocycles. The average Bonchev–Trinajstić information content (AvgIpc) is 2.85. The van der Waals surface area contributed by atoms with Gasteiger partial charge in [0.25, 0.3) is 0 Å². The molecule has 5 nitrogen and oxygen atoms in total. The first-order valence-corrected chi connectivity index (χ1v) is 7.84. The van der Waals surface area contributed by atoms with E-state index in [1.165, 1.54) is 11.8 Å². The van der Waals surface area contributed by atoms with Gasteiger partial charge in [0.15, 0.2) is 5.17 Å². The summed E-state index contributed by atoms with van der Waals surface area (Å²) in [7, 11) is 1.62.